The number of ether oxygens (including phenoxy) is 7. The largest absolute Gasteiger partial charge is 0.541 e. The van der Waals surface area contributed by atoms with Crippen molar-refractivity contribution in [2.24, 2.45) is 0 Å². The molecule has 0 aliphatic carbocycles. The molecule has 0 atom stereocenters. The van der Waals surface area contributed by atoms with Crippen molar-refractivity contribution in [1.82, 2.24) is 4.98 Å². The number of nitrogens with zero attached hydrogens (tertiary/aromatic N) is 1. The summed E-state index contributed by atoms with van der Waals surface area (Å²) in [4.78, 5) is 16.5. The first-order valence-corrected chi connectivity index (χ1v) is 13.8. The molecule has 0 bridgehead atoms. The Morgan fingerprint density at radius 2 is 1.08 bits per heavy atom. The molecule has 1 aromatic heterocycles. The number of hydrogen-bond acceptors (Lipinski definition) is 12. The van der Waals surface area contributed by atoms with E-state index in [1.165, 1.54) is 0 Å². The second-order valence-electron chi connectivity index (χ2n) is 7.24. The number of pyridine rings is 1. The second kappa shape index (κ2) is 22.7. The van der Waals surface area contributed by atoms with Crippen LogP contribution in [0.3, 0.4) is 0 Å². The van der Waals surface area contributed by atoms with Crippen LogP contribution in [0.15, 0.2) is 24.5 Å². The summed E-state index contributed by atoms with van der Waals surface area (Å²) in [6.07, 6.45) is 3.17. The lowest BCUT2D eigenvalue weighted by Crippen LogP contribution is -2.53. The molecule has 1 aromatic rings. The molecule has 0 N–H and O–H groups in total. The maximum Gasteiger partial charge on any atom is 0.541 e. The molecule has 1 rings (SSSR count). The number of rotatable bonds is 25. The van der Waals surface area contributed by atoms with E-state index in [9.17, 15) is 4.79 Å². The van der Waals surface area contributed by atoms with Gasteiger partial charge in [0.05, 0.1) is 85.7 Å². The molecule has 0 amide bonds. The number of esters is 1. The third-order valence-corrected chi connectivity index (χ3v) is 6.88. The van der Waals surface area contributed by atoms with Crippen LogP contribution in [0.5, 0.6) is 0 Å². The average Bonchev–Trinajstić information content (AvgIpc) is 2.89. The van der Waals surface area contributed by atoms with Gasteiger partial charge < -0.3 is 46.4 Å². The lowest BCUT2D eigenvalue weighted by Gasteiger charge is -2.29. The minimum atomic E-state index is -3.47. The number of aromatic nitrogens is 1. The third kappa shape index (κ3) is 17.0. The Bertz CT molecular complexity index is 601. The van der Waals surface area contributed by atoms with E-state index in [0.717, 1.165) is 5.56 Å². The van der Waals surface area contributed by atoms with Gasteiger partial charge in [-0.3, -0.25) is 9.78 Å². The molecule has 0 saturated carbocycles. The molecule has 208 valence electrons. The Hall–Kier alpha value is -1.52. The van der Waals surface area contributed by atoms with Crippen LogP contribution in [0.4, 0.5) is 0 Å². The molecule has 0 aliphatic rings. The Balaban J connectivity index is 2.73. The molecule has 0 aromatic carbocycles. The van der Waals surface area contributed by atoms with Gasteiger partial charge in [-0.15, -0.1) is 0 Å². The standard InChI is InChI=1S/C23H41NO11Si/c1-26-8-11-29-14-17-33-36(34-18-15-30-12-9-27-2,35-19-16-31-13-10-28-3)21-32-23(25)20-22-4-6-24-7-5-22/h4-7H,8-21H2,1-3H3. The van der Waals surface area contributed by atoms with Crippen molar-refractivity contribution < 1.29 is 51.2 Å². The van der Waals surface area contributed by atoms with Gasteiger partial charge in [-0.1, -0.05) is 0 Å². The molecule has 12 nitrogen and oxygen atoms in total. The highest BCUT2D eigenvalue weighted by atomic mass is 28.4. The zero-order chi connectivity index (χ0) is 26.2. The predicted octanol–water partition coefficient (Wildman–Crippen LogP) is 0.684. The lowest BCUT2D eigenvalue weighted by molar-refractivity contribution is -0.143. The molecule has 0 unspecified atom stereocenters. The van der Waals surface area contributed by atoms with E-state index in [4.69, 9.17) is 46.4 Å². The van der Waals surface area contributed by atoms with Gasteiger partial charge >= 0.3 is 14.8 Å². The summed E-state index contributed by atoms with van der Waals surface area (Å²) in [5, 5.41) is 0. The summed E-state index contributed by atoms with van der Waals surface area (Å²) in [5.41, 5.74) is 0.787. The number of hydrogen-bond donors (Lipinski definition) is 0. The first-order valence-electron chi connectivity index (χ1n) is 11.8. The van der Waals surface area contributed by atoms with Crippen molar-refractivity contribution in [2.45, 2.75) is 6.42 Å². The number of methoxy groups -OCH3 is 3. The quantitative estimate of drug-likeness (QED) is 0.0994. The van der Waals surface area contributed by atoms with Gasteiger partial charge in [0.25, 0.3) is 0 Å². The number of carbonyl (C=O) groups is 1. The van der Waals surface area contributed by atoms with Gasteiger partial charge in [-0.05, 0) is 17.7 Å². The van der Waals surface area contributed by atoms with Gasteiger partial charge in [0, 0.05) is 33.7 Å². The van der Waals surface area contributed by atoms with E-state index >= 15 is 0 Å². The molecule has 36 heavy (non-hydrogen) atoms. The monoisotopic (exact) mass is 535 g/mol. The highest BCUT2D eigenvalue weighted by Crippen LogP contribution is 2.13. The Morgan fingerprint density at radius 3 is 1.50 bits per heavy atom. The van der Waals surface area contributed by atoms with Gasteiger partial charge in [0.2, 0.25) is 0 Å². The summed E-state index contributed by atoms with van der Waals surface area (Å²) in [5.74, 6) is -0.432. The second-order valence-corrected chi connectivity index (χ2v) is 9.76. The van der Waals surface area contributed by atoms with E-state index in [1.807, 2.05) is 0 Å². The summed E-state index contributed by atoms with van der Waals surface area (Å²) in [7, 11) is 1.33. The molecule has 0 spiro atoms. The van der Waals surface area contributed by atoms with Crippen molar-refractivity contribution in [3.8, 4) is 0 Å². The molecule has 0 aliphatic heterocycles. The average molecular weight is 536 g/mol. The van der Waals surface area contributed by atoms with Crippen LogP contribution < -0.4 is 0 Å². The third-order valence-electron chi connectivity index (χ3n) is 4.45. The Kier molecular flexibility index (Phi) is 20.5. The van der Waals surface area contributed by atoms with Crippen LogP contribution in [0.1, 0.15) is 5.56 Å². The SMILES string of the molecule is COCCOCCO[Si](COC(=O)Cc1ccncc1)(OCCOCCOC)OCCOCCOC. The summed E-state index contributed by atoms with van der Waals surface area (Å²) >= 11 is 0. The van der Waals surface area contributed by atoms with Crippen molar-refractivity contribution in [3.05, 3.63) is 30.1 Å². The van der Waals surface area contributed by atoms with Gasteiger partial charge in [-0.2, -0.15) is 0 Å². The van der Waals surface area contributed by atoms with Gasteiger partial charge in [-0.25, -0.2) is 0 Å². The molecule has 0 radical (unpaired) electrons. The van der Waals surface area contributed by atoms with E-state index < -0.39 is 14.8 Å². The highest BCUT2D eigenvalue weighted by molar-refractivity contribution is 6.60. The molecule has 13 heteroatoms. The van der Waals surface area contributed by atoms with Crippen molar-refractivity contribution in [1.29, 1.82) is 0 Å². The Morgan fingerprint density at radius 1 is 0.667 bits per heavy atom. The van der Waals surface area contributed by atoms with E-state index in [-0.39, 0.29) is 32.5 Å². The molecular formula is C23H41NO11Si. The van der Waals surface area contributed by atoms with Crippen LogP contribution in [0.25, 0.3) is 0 Å². The fourth-order valence-corrected chi connectivity index (χ4v) is 4.66. The van der Waals surface area contributed by atoms with Crippen LogP contribution in [-0.2, 0) is 57.7 Å². The molecule has 1 heterocycles. The molecular weight excluding hydrogens is 494 g/mol. The topological polar surface area (TPSA) is 122 Å². The first-order chi connectivity index (χ1) is 17.7. The first kappa shape index (κ1) is 32.5. The lowest BCUT2D eigenvalue weighted by atomic mass is 10.2. The zero-order valence-electron chi connectivity index (χ0n) is 21.6. The van der Waals surface area contributed by atoms with E-state index in [0.29, 0.717) is 59.5 Å². The van der Waals surface area contributed by atoms with Crippen molar-refractivity contribution >= 4 is 14.8 Å². The normalized spacial score (nSPS) is 11.6. The van der Waals surface area contributed by atoms with E-state index in [2.05, 4.69) is 4.98 Å². The molecule has 0 fully saturated rings. The Labute approximate surface area is 214 Å². The van der Waals surface area contributed by atoms with Gasteiger partial charge in [0.15, 0.2) is 6.23 Å². The van der Waals surface area contributed by atoms with Crippen LogP contribution >= 0.6 is 0 Å². The fourth-order valence-electron chi connectivity index (χ4n) is 2.64. The van der Waals surface area contributed by atoms with Gasteiger partial charge in [0.1, 0.15) is 0 Å². The highest BCUT2D eigenvalue weighted by Gasteiger charge is 2.44. The zero-order valence-corrected chi connectivity index (χ0v) is 22.6. The minimum absolute atomic E-state index is 0.0907. The van der Waals surface area contributed by atoms with Crippen LogP contribution in [0.2, 0.25) is 0 Å². The predicted molar refractivity (Wildman–Crippen MR) is 131 cm³/mol. The smallest absolute Gasteiger partial charge is 0.461 e. The maximum absolute atomic E-state index is 12.5. The molecule has 0 saturated heterocycles. The summed E-state index contributed by atoms with van der Waals surface area (Å²) in [6, 6.07) is 3.50. The maximum atomic E-state index is 12.5. The fraction of sp³-hybridized carbons (Fsp3) is 0.739. The van der Waals surface area contributed by atoms with Crippen LogP contribution in [-0.4, -0.2) is 127 Å². The number of carbonyl (C=O) groups excluding carboxylic acids is 1. The van der Waals surface area contributed by atoms with Crippen molar-refractivity contribution in [3.63, 3.8) is 0 Å². The summed E-state index contributed by atoms with van der Waals surface area (Å²) in [6.45, 7) is 4.15. The van der Waals surface area contributed by atoms with Crippen LogP contribution in [0, 0.1) is 0 Å². The van der Waals surface area contributed by atoms with E-state index in [1.54, 1.807) is 45.9 Å². The van der Waals surface area contributed by atoms with Crippen molar-refractivity contribution in [2.75, 3.05) is 107 Å². The summed E-state index contributed by atoms with van der Waals surface area (Å²) < 4.78 is 55.1. The minimum Gasteiger partial charge on any atom is -0.461 e.